The summed E-state index contributed by atoms with van der Waals surface area (Å²) in [6.07, 6.45) is -3.48. The van der Waals surface area contributed by atoms with Crippen LogP contribution in [0.25, 0.3) is 0 Å². The molecule has 4 heterocycles. The van der Waals surface area contributed by atoms with Gasteiger partial charge in [0.05, 0.1) is 19.1 Å². The highest BCUT2D eigenvalue weighted by atomic mass is 19.4. The molecule has 0 saturated carbocycles. The number of furan rings is 1. The maximum absolute atomic E-state index is 13.7. The quantitative estimate of drug-likeness (QED) is 0.743. The van der Waals surface area contributed by atoms with Crippen molar-refractivity contribution in [3.63, 3.8) is 0 Å². The minimum atomic E-state index is -5.06. The van der Waals surface area contributed by atoms with Crippen LogP contribution in [0.4, 0.5) is 13.2 Å². The summed E-state index contributed by atoms with van der Waals surface area (Å²) in [6, 6.07) is 2.93. The topological polar surface area (TPSA) is 130 Å². The molecule has 4 rings (SSSR count). The van der Waals surface area contributed by atoms with E-state index < -0.39 is 24.3 Å². The molecule has 0 bridgehead atoms. The Hall–Kier alpha value is -3.22. The molecule has 0 radical (unpaired) electrons. The summed E-state index contributed by atoms with van der Waals surface area (Å²) in [5.74, 6) is -0.168. The van der Waals surface area contributed by atoms with Crippen LogP contribution in [-0.2, 0) is 6.42 Å². The van der Waals surface area contributed by atoms with Gasteiger partial charge in [-0.1, -0.05) is 0 Å². The van der Waals surface area contributed by atoms with Crippen LogP contribution in [-0.4, -0.2) is 54.3 Å². The second-order valence-corrected chi connectivity index (χ2v) is 5.58. The first kappa shape index (κ1) is 16.3. The largest absolute Gasteiger partial charge is 0.463 e. The predicted octanol–water partition coefficient (Wildman–Crippen LogP) is 0.264. The van der Waals surface area contributed by atoms with E-state index in [1.807, 2.05) is 0 Å². The molecule has 26 heavy (non-hydrogen) atoms. The third kappa shape index (κ3) is 2.35. The third-order valence-electron chi connectivity index (χ3n) is 3.85. The van der Waals surface area contributed by atoms with Gasteiger partial charge < -0.3 is 15.3 Å². The number of alkyl halides is 3. The first-order valence-electron chi connectivity index (χ1n) is 7.29. The second kappa shape index (κ2) is 5.39. The number of hydrogen-bond acceptors (Lipinski definition) is 9. The molecule has 2 aliphatic rings. The van der Waals surface area contributed by atoms with Crippen LogP contribution in [0.2, 0.25) is 0 Å². The Balaban J connectivity index is 1.87. The Bertz CT molecular complexity index is 930. The zero-order chi connectivity index (χ0) is 18.5. The van der Waals surface area contributed by atoms with Crippen molar-refractivity contribution >= 4 is 17.5 Å². The Kier molecular flexibility index (Phi) is 3.37. The Morgan fingerprint density at radius 1 is 1.31 bits per heavy atom. The maximum atomic E-state index is 13.7. The monoisotopic (exact) mass is 368 g/mol. The molecule has 10 nitrogen and oxygen atoms in total. The fraction of sp³-hybridized carbons (Fsp3) is 0.308. The van der Waals surface area contributed by atoms with Crippen molar-refractivity contribution in [2.45, 2.75) is 24.7 Å². The summed E-state index contributed by atoms with van der Waals surface area (Å²) >= 11 is 0. The van der Waals surface area contributed by atoms with Gasteiger partial charge in [0.2, 0.25) is 0 Å². The highest BCUT2D eigenvalue weighted by Gasteiger charge is 2.63. The molecule has 0 aromatic carbocycles. The van der Waals surface area contributed by atoms with Gasteiger partial charge >= 0.3 is 6.18 Å². The van der Waals surface area contributed by atoms with E-state index in [1.54, 1.807) is 0 Å². The lowest BCUT2D eigenvalue weighted by atomic mass is 10.1. The van der Waals surface area contributed by atoms with Crippen LogP contribution in [0, 0.1) is 0 Å². The molecular formula is C13H11F3N8O2. The van der Waals surface area contributed by atoms with E-state index in [0.717, 1.165) is 11.0 Å². The van der Waals surface area contributed by atoms with E-state index in [4.69, 9.17) is 10.2 Å². The van der Waals surface area contributed by atoms with Gasteiger partial charge in [0.15, 0.2) is 0 Å². The van der Waals surface area contributed by atoms with Crippen molar-refractivity contribution in [3.8, 4) is 0 Å². The van der Waals surface area contributed by atoms with E-state index in [1.165, 1.54) is 18.4 Å². The molecule has 2 aromatic heterocycles. The summed E-state index contributed by atoms with van der Waals surface area (Å²) in [6.45, 7) is 0. The standard InChI is InChI=1S/C13H11F3N8O2/c14-13(15,16)12(25)5-7(8-2-1-3-26-8)22-24(12)11-21-20-9(17)4-10-18-6-19-23(10)11/h1-3,6,25H,4-5H2,(H2,17,20). The van der Waals surface area contributed by atoms with Crippen LogP contribution < -0.4 is 5.73 Å². The summed E-state index contributed by atoms with van der Waals surface area (Å²) < 4.78 is 47.2. The van der Waals surface area contributed by atoms with Gasteiger partial charge in [0.25, 0.3) is 11.7 Å². The average Bonchev–Trinajstić information content (AvgIpc) is 3.27. The summed E-state index contributed by atoms with van der Waals surface area (Å²) in [7, 11) is 0. The molecule has 0 aliphatic carbocycles. The van der Waals surface area contributed by atoms with Gasteiger partial charge in [-0.3, -0.25) is 0 Å². The van der Waals surface area contributed by atoms with E-state index in [0.29, 0.717) is 5.01 Å². The Morgan fingerprint density at radius 2 is 2.12 bits per heavy atom. The zero-order valence-electron chi connectivity index (χ0n) is 12.9. The second-order valence-electron chi connectivity index (χ2n) is 5.58. The van der Waals surface area contributed by atoms with Crippen molar-refractivity contribution in [3.05, 3.63) is 36.3 Å². The number of hydrazone groups is 1. The van der Waals surface area contributed by atoms with Crippen LogP contribution in [0.15, 0.2) is 44.4 Å². The van der Waals surface area contributed by atoms with Gasteiger partial charge in [0, 0.05) is 0 Å². The molecule has 13 heteroatoms. The van der Waals surface area contributed by atoms with Gasteiger partial charge in [-0.05, 0) is 12.1 Å². The molecule has 0 amide bonds. The average molecular weight is 368 g/mol. The van der Waals surface area contributed by atoms with Gasteiger partial charge in [-0.15, -0.1) is 10.2 Å². The highest BCUT2D eigenvalue weighted by Crippen LogP contribution is 2.41. The number of fused-ring (bicyclic) bond motifs is 1. The Labute approximate surface area is 143 Å². The molecule has 0 spiro atoms. The molecule has 1 atom stereocenters. The number of amidine groups is 1. The van der Waals surface area contributed by atoms with E-state index in [9.17, 15) is 18.3 Å². The molecule has 0 fully saturated rings. The summed E-state index contributed by atoms with van der Waals surface area (Å²) in [5.41, 5.74) is 2.16. The fourth-order valence-electron chi connectivity index (χ4n) is 2.59. The van der Waals surface area contributed by atoms with Crippen LogP contribution >= 0.6 is 0 Å². The lowest BCUT2D eigenvalue weighted by Gasteiger charge is -2.33. The molecule has 2 aromatic rings. The summed E-state index contributed by atoms with van der Waals surface area (Å²) in [5, 5.41) is 25.8. The first-order chi connectivity index (χ1) is 12.3. The lowest BCUT2D eigenvalue weighted by molar-refractivity contribution is -0.295. The fourth-order valence-corrected chi connectivity index (χ4v) is 2.59. The Morgan fingerprint density at radius 3 is 2.81 bits per heavy atom. The van der Waals surface area contributed by atoms with Gasteiger partial charge in [0.1, 0.15) is 29.5 Å². The van der Waals surface area contributed by atoms with Crippen molar-refractivity contribution in [1.29, 1.82) is 0 Å². The number of aromatic nitrogens is 3. The minimum absolute atomic E-state index is 0.0271. The smallest absolute Gasteiger partial charge is 0.438 e. The normalized spacial score (nSPS) is 23.2. The number of nitrogens with two attached hydrogens (primary N) is 1. The molecule has 1 unspecified atom stereocenters. The first-order valence-corrected chi connectivity index (χ1v) is 7.29. The molecule has 0 saturated heterocycles. The van der Waals surface area contributed by atoms with Crippen LogP contribution in [0.1, 0.15) is 18.0 Å². The predicted molar refractivity (Wildman–Crippen MR) is 80.9 cm³/mol. The van der Waals surface area contributed by atoms with Crippen molar-refractivity contribution in [2.24, 2.45) is 21.0 Å². The number of halogens is 3. The molecule has 2 aliphatic heterocycles. The van der Waals surface area contributed by atoms with E-state index in [-0.39, 0.29) is 29.6 Å². The van der Waals surface area contributed by atoms with Crippen LogP contribution in [0.5, 0.6) is 0 Å². The molecule has 3 N–H and O–H groups in total. The summed E-state index contributed by atoms with van der Waals surface area (Å²) in [4.78, 5) is 3.92. The number of nitrogens with zero attached hydrogens (tertiary/aromatic N) is 7. The van der Waals surface area contributed by atoms with Crippen LogP contribution in [0.3, 0.4) is 0 Å². The number of hydrogen-bond donors (Lipinski definition) is 2. The van der Waals surface area contributed by atoms with E-state index in [2.05, 4.69) is 25.4 Å². The van der Waals surface area contributed by atoms with Crippen molar-refractivity contribution < 1.29 is 22.7 Å². The number of rotatable bonds is 1. The molecular weight excluding hydrogens is 357 g/mol. The number of aliphatic hydroxyl groups is 1. The lowest BCUT2D eigenvalue weighted by Crippen LogP contribution is -2.58. The van der Waals surface area contributed by atoms with Gasteiger partial charge in [-0.25, -0.2) is 4.98 Å². The van der Waals surface area contributed by atoms with Crippen molar-refractivity contribution in [2.75, 3.05) is 0 Å². The van der Waals surface area contributed by atoms with Crippen molar-refractivity contribution in [1.82, 2.24) is 19.8 Å². The maximum Gasteiger partial charge on any atom is 0.438 e. The van der Waals surface area contributed by atoms with E-state index >= 15 is 0 Å². The van der Waals surface area contributed by atoms with Gasteiger partial charge in [-0.2, -0.15) is 33.1 Å². The zero-order valence-corrected chi connectivity index (χ0v) is 12.9. The minimum Gasteiger partial charge on any atom is -0.463 e. The third-order valence-corrected chi connectivity index (χ3v) is 3.85. The molecule has 136 valence electrons. The highest BCUT2D eigenvalue weighted by molar-refractivity contribution is 6.02. The SMILES string of the molecule is NC1=NN=C(N2N=C(c3ccco3)CC2(O)C(F)(F)F)n2ncnc2C1.